The van der Waals surface area contributed by atoms with E-state index in [0.717, 1.165) is 17.7 Å². The molecule has 0 heterocycles. The predicted octanol–water partition coefficient (Wildman–Crippen LogP) is 3.41. The highest BCUT2D eigenvalue weighted by atomic mass is 35.5. The first-order valence-electron chi connectivity index (χ1n) is 6.49. The number of rotatable bonds is 5. The van der Waals surface area contributed by atoms with E-state index in [-0.39, 0.29) is 23.1 Å². The third kappa shape index (κ3) is 3.95. The summed E-state index contributed by atoms with van der Waals surface area (Å²) in [6.07, 6.45) is 0. The molecule has 21 heavy (non-hydrogen) atoms. The lowest BCUT2D eigenvalue weighted by Crippen LogP contribution is -2.32. The number of hydrogen-bond donors (Lipinski definition) is 1. The van der Waals surface area contributed by atoms with Gasteiger partial charge in [-0.25, -0.2) is 4.39 Å². The minimum absolute atomic E-state index is 0.0671. The number of halogens is 2. The minimum atomic E-state index is -0.587. The molecule has 0 saturated carbocycles. The van der Waals surface area contributed by atoms with Crippen LogP contribution in [0.15, 0.2) is 48.5 Å². The lowest BCUT2D eigenvalue weighted by atomic mass is 10.1. The zero-order valence-corrected chi connectivity index (χ0v) is 12.1. The molecule has 0 aliphatic heterocycles. The van der Waals surface area contributed by atoms with Gasteiger partial charge in [0.1, 0.15) is 11.6 Å². The van der Waals surface area contributed by atoms with Crippen LogP contribution < -0.4 is 0 Å². The van der Waals surface area contributed by atoms with E-state index in [4.69, 9.17) is 11.6 Å². The summed E-state index contributed by atoms with van der Waals surface area (Å²) >= 11 is 5.74. The molecule has 0 aromatic heterocycles. The molecular weight excluding hydrogens is 293 g/mol. The lowest BCUT2D eigenvalue weighted by molar-refractivity contribution is 0.0750. The molecule has 0 radical (unpaired) electrons. The van der Waals surface area contributed by atoms with Crippen LogP contribution in [-0.2, 0) is 6.54 Å². The average molecular weight is 308 g/mol. The number of benzene rings is 2. The van der Waals surface area contributed by atoms with Crippen LogP contribution in [0.5, 0.6) is 5.75 Å². The van der Waals surface area contributed by atoms with Gasteiger partial charge in [0.15, 0.2) is 0 Å². The van der Waals surface area contributed by atoms with Crippen molar-refractivity contribution in [1.82, 2.24) is 4.90 Å². The van der Waals surface area contributed by atoms with E-state index < -0.39 is 5.82 Å². The van der Waals surface area contributed by atoms with E-state index in [1.165, 1.54) is 11.0 Å². The van der Waals surface area contributed by atoms with Crippen LogP contribution in [0, 0.1) is 5.82 Å². The summed E-state index contributed by atoms with van der Waals surface area (Å²) in [7, 11) is 0. The van der Waals surface area contributed by atoms with Crippen molar-refractivity contribution < 1.29 is 14.3 Å². The number of aromatic hydroxyl groups is 1. The molecule has 0 aliphatic carbocycles. The highest BCUT2D eigenvalue weighted by Crippen LogP contribution is 2.21. The summed E-state index contributed by atoms with van der Waals surface area (Å²) in [6.45, 7) is 0.718. The van der Waals surface area contributed by atoms with E-state index in [1.54, 1.807) is 0 Å². The van der Waals surface area contributed by atoms with Gasteiger partial charge in [0.05, 0.1) is 5.56 Å². The number of phenolic OH excluding ortho intramolecular Hbond substituents is 1. The average Bonchev–Trinajstić information content (AvgIpc) is 2.47. The standard InChI is InChI=1S/C16H15ClFNO2/c17-8-9-19(11-12-4-2-1-3-5-12)16(21)14-7-6-13(18)10-15(14)20/h1-7,10,20H,8-9,11H2. The maximum absolute atomic E-state index is 13.0. The Morgan fingerprint density at radius 1 is 1.19 bits per heavy atom. The number of phenols is 1. The van der Waals surface area contributed by atoms with Gasteiger partial charge in [-0.1, -0.05) is 30.3 Å². The summed E-state index contributed by atoms with van der Waals surface area (Å²) in [4.78, 5) is 14.0. The Bertz CT molecular complexity index is 619. The van der Waals surface area contributed by atoms with Gasteiger partial charge >= 0.3 is 0 Å². The number of nitrogens with zero attached hydrogens (tertiary/aromatic N) is 1. The largest absolute Gasteiger partial charge is 0.507 e. The second-order valence-corrected chi connectivity index (χ2v) is 4.94. The molecule has 0 fully saturated rings. The Hall–Kier alpha value is -2.07. The normalized spacial score (nSPS) is 10.4. The highest BCUT2D eigenvalue weighted by Gasteiger charge is 2.19. The van der Waals surface area contributed by atoms with Crippen molar-refractivity contribution in [2.75, 3.05) is 12.4 Å². The van der Waals surface area contributed by atoms with Gasteiger partial charge in [0, 0.05) is 25.0 Å². The first-order valence-corrected chi connectivity index (χ1v) is 7.03. The van der Waals surface area contributed by atoms with Crippen LogP contribution in [0.2, 0.25) is 0 Å². The summed E-state index contributed by atoms with van der Waals surface area (Å²) < 4.78 is 13.0. The molecule has 5 heteroatoms. The summed E-state index contributed by atoms with van der Waals surface area (Å²) in [5, 5.41) is 9.72. The second-order valence-electron chi connectivity index (χ2n) is 4.56. The summed E-state index contributed by atoms with van der Waals surface area (Å²) in [5.74, 6) is -1.05. The maximum Gasteiger partial charge on any atom is 0.257 e. The van der Waals surface area contributed by atoms with Gasteiger partial charge < -0.3 is 10.0 Å². The van der Waals surface area contributed by atoms with E-state index >= 15 is 0 Å². The van der Waals surface area contributed by atoms with Crippen LogP contribution in [0.3, 0.4) is 0 Å². The van der Waals surface area contributed by atoms with Crippen LogP contribution in [0.1, 0.15) is 15.9 Å². The Kier molecular flexibility index (Phi) is 5.17. The molecule has 1 N–H and O–H groups in total. The molecule has 0 bridgehead atoms. The molecule has 1 amide bonds. The van der Waals surface area contributed by atoms with Crippen molar-refractivity contribution in [1.29, 1.82) is 0 Å². The quantitative estimate of drug-likeness (QED) is 0.860. The topological polar surface area (TPSA) is 40.5 Å². The molecule has 0 unspecified atom stereocenters. The fourth-order valence-corrected chi connectivity index (χ4v) is 2.22. The number of carbonyl (C=O) groups excluding carboxylic acids is 1. The Balaban J connectivity index is 2.23. The summed E-state index contributed by atoms with van der Waals surface area (Å²) in [5.41, 5.74) is 1.02. The van der Waals surface area contributed by atoms with Crippen LogP contribution in [0.25, 0.3) is 0 Å². The molecule has 0 spiro atoms. The Morgan fingerprint density at radius 3 is 2.52 bits per heavy atom. The van der Waals surface area contributed by atoms with Crippen LogP contribution in [0.4, 0.5) is 4.39 Å². The lowest BCUT2D eigenvalue weighted by Gasteiger charge is -2.22. The van der Waals surface area contributed by atoms with Crippen molar-refractivity contribution >= 4 is 17.5 Å². The van der Waals surface area contributed by atoms with Crippen molar-refractivity contribution in [2.45, 2.75) is 6.54 Å². The van der Waals surface area contributed by atoms with E-state index in [2.05, 4.69) is 0 Å². The molecule has 2 rings (SSSR count). The minimum Gasteiger partial charge on any atom is -0.507 e. The van der Waals surface area contributed by atoms with Gasteiger partial charge in [-0.05, 0) is 17.7 Å². The van der Waals surface area contributed by atoms with Crippen molar-refractivity contribution in [3.05, 3.63) is 65.5 Å². The van der Waals surface area contributed by atoms with Crippen LogP contribution in [-0.4, -0.2) is 28.3 Å². The first kappa shape index (κ1) is 15.3. The molecule has 110 valence electrons. The number of alkyl halides is 1. The van der Waals surface area contributed by atoms with E-state index in [0.29, 0.717) is 13.1 Å². The van der Waals surface area contributed by atoms with Gasteiger partial charge in [-0.3, -0.25) is 4.79 Å². The number of amides is 1. The van der Waals surface area contributed by atoms with Crippen molar-refractivity contribution in [3.63, 3.8) is 0 Å². The fraction of sp³-hybridized carbons (Fsp3) is 0.188. The smallest absolute Gasteiger partial charge is 0.257 e. The van der Waals surface area contributed by atoms with E-state index in [1.807, 2.05) is 30.3 Å². The van der Waals surface area contributed by atoms with Gasteiger partial charge in [0.2, 0.25) is 0 Å². The predicted molar refractivity (Wildman–Crippen MR) is 80.0 cm³/mol. The zero-order chi connectivity index (χ0) is 15.2. The van der Waals surface area contributed by atoms with Gasteiger partial charge in [-0.2, -0.15) is 0 Å². The zero-order valence-electron chi connectivity index (χ0n) is 11.3. The second kappa shape index (κ2) is 7.09. The molecule has 2 aromatic carbocycles. The highest BCUT2D eigenvalue weighted by molar-refractivity contribution is 6.18. The molecule has 3 nitrogen and oxygen atoms in total. The Labute approximate surface area is 127 Å². The van der Waals surface area contributed by atoms with Crippen molar-refractivity contribution in [2.24, 2.45) is 0 Å². The molecule has 0 saturated heterocycles. The Morgan fingerprint density at radius 2 is 1.90 bits per heavy atom. The number of carbonyl (C=O) groups is 1. The SMILES string of the molecule is O=C(c1ccc(F)cc1O)N(CCCl)Cc1ccccc1. The van der Waals surface area contributed by atoms with Gasteiger partial charge in [0.25, 0.3) is 5.91 Å². The molecule has 0 aliphatic rings. The monoisotopic (exact) mass is 307 g/mol. The summed E-state index contributed by atoms with van der Waals surface area (Å²) in [6, 6.07) is 12.8. The third-order valence-corrected chi connectivity index (χ3v) is 3.22. The van der Waals surface area contributed by atoms with Crippen molar-refractivity contribution in [3.8, 4) is 5.75 Å². The fourth-order valence-electron chi connectivity index (χ4n) is 2.01. The first-order chi connectivity index (χ1) is 10.1. The molecule has 2 aromatic rings. The van der Waals surface area contributed by atoms with Gasteiger partial charge in [-0.15, -0.1) is 11.6 Å². The molecule has 0 atom stereocenters. The molecular formula is C16H15ClFNO2. The maximum atomic E-state index is 13.0. The van der Waals surface area contributed by atoms with Crippen LogP contribution >= 0.6 is 11.6 Å². The van der Waals surface area contributed by atoms with E-state index in [9.17, 15) is 14.3 Å². The third-order valence-electron chi connectivity index (χ3n) is 3.05. The number of hydrogen-bond acceptors (Lipinski definition) is 2.